The van der Waals surface area contributed by atoms with Gasteiger partial charge in [-0.05, 0) is 47.4 Å². The molecule has 3 aromatic heterocycles. The van der Waals surface area contributed by atoms with E-state index in [0.29, 0.717) is 11.5 Å². The Morgan fingerprint density at radius 2 is 1.58 bits per heavy atom. The van der Waals surface area contributed by atoms with E-state index in [0.717, 1.165) is 23.1 Å². The Hall–Kier alpha value is -4.52. The topological polar surface area (TPSA) is 94.1 Å². The Labute approximate surface area is 190 Å². The minimum absolute atomic E-state index is 0.0305. The third-order valence-corrected chi connectivity index (χ3v) is 5.24. The van der Waals surface area contributed by atoms with Crippen molar-refractivity contribution in [2.75, 3.05) is 5.32 Å². The largest absolute Gasteiger partial charge is 0.459 e. The monoisotopic (exact) mass is 436 g/mol. The molecule has 1 amide bonds. The van der Waals surface area contributed by atoms with E-state index in [1.807, 2.05) is 18.2 Å². The maximum absolute atomic E-state index is 12.7. The van der Waals surface area contributed by atoms with Gasteiger partial charge < -0.3 is 8.83 Å². The number of hydrogen-bond acceptors (Lipinski definition) is 6. The number of hydrogen-bond donors (Lipinski definition) is 1. The van der Waals surface area contributed by atoms with Crippen molar-refractivity contribution in [3.63, 3.8) is 0 Å². The summed E-state index contributed by atoms with van der Waals surface area (Å²) in [7, 11) is 0. The van der Waals surface area contributed by atoms with E-state index < -0.39 is 5.91 Å². The van der Waals surface area contributed by atoms with E-state index >= 15 is 0 Å². The summed E-state index contributed by atoms with van der Waals surface area (Å²) in [4.78, 5) is 17.2. The van der Waals surface area contributed by atoms with E-state index in [9.17, 15) is 4.79 Å². The van der Waals surface area contributed by atoms with Crippen LogP contribution in [0.1, 0.15) is 23.0 Å². The quantitative estimate of drug-likeness (QED) is 0.358. The van der Waals surface area contributed by atoms with Gasteiger partial charge in [0.2, 0.25) is 0 Å². The maximum atomic E-state index is 12.7. The van der Waals surface area contributed by atoms with Crippen molar-refractivity contribution in [2.24, 2.45) is 0 Å². The van der Waals surface area contributed by atoms with Crippen LogP contribution in [0.25, 0.3) is 34.0 Å². The Kier molecular flexibility index (Phi) is 5.51. The van der Waals surface area contributed by atoms with Gasteiger partial charge in [0.05, 0.1) is 12.0 Å². The minimum atomic E-state index is -0.445. The van der Waals surface area contributed by atoms with Crippen molar-refractivity contribution in [1.82, 2.24) is 15.2 Å². The van der Waals surface area contributed by atoms with Crippen molar-refractivity contribution in [3.8, 4) is 34.0 Å². The van der Waals surface area contributed by atoms with Crippen LogP contribution in [-0.4, -0.2) is 21.1 Å². The summed E-state index contributed by atoms with van der Waals surface area (Å²) in [5.74, 6) is 0.161. The Bertz CT molecular complexity index is 1370. The first-order valence-corrected chi connectivity index (χ1v) is 10.5. The van der Waals surface area contributed by atoms with E-state index in [4.69, 9.17) is 8.83 Å². The van der Waals surface area contributed by atoms with Crippen LogP contribution in [0.15, 0.2) is 94.0 Å². The van der Waals surface area contributed by atoms with Gasteiger partial charge in [0, 0.05) is 5.56 Å². The molecular formula is C26H20N4O3. The highest BCUT2D eigenvalue weighted by molar-refractivity contribution is 6.02. The molecule has 0 spiro atoms. The SMILES string of the molecule is CCc1ccc(-c2ccc(-c3cccc(C(=O)Nc4nnc(-c5ccco5)o4)n3)cc2)cc1. The average Bonchev–Trinajstić information content (AvgIpc) is 3.57. The molecule has 33 heavy (non-hydrogen) atoms. The van der Waals surface area contributed by atoms with E-state index in [-0.39, 0.29) is 17.6 Å². The number of furan rings is 1. The van der Waals surface area contributed by atoms with Crippen LogP contribution in [0.5, 0.6) is 0 Å². The average molecular weight is 436 g/mol. The van der Waals surface area contributed by atoms with Crippen molar-refractivity contribution in [2.45, 2.75) is 13.3 Å². The highest BCUT2D eigenvalue weighted by Gasteiger charge is 2.15. The minimum Gasteiger partial charge on any atom is -0.459 e. The van der Waals surface area contributed by atoms with Crippen LogP contribution >= 0.6 is 0 Å². The number of anilines is 1. The fourth-order valence-corrected chi connectivity index (χ4v) is 3.42. The molecule has 0 aliphatic carbocycles. The second-order valence-corrected chi connectivity index (χ2v) is 7.38. The third kappa shape index (κ3) is 4.43. The van der Waals surface area contributed by atoms with Gasteiger partial charge in [0.1, 0.15) is 5.69 Å². The van der Waals surface area contributed by atoms with Crippen LogP contribution in [0, 0.1) is 0 Å². The van der Waals surface area contributed by atoms with E-state index in [1.165, 1.54) is 11.8 Å². The first-order valence-electron chi connectivity index (χ1n) is 10.5. The molecule has 162 valence electrons. The predicted octanol–water partition coefficient (Wildman–Crippen LogP) is 5.87. The number of carbonyl (C=O) groups is 1. The number of nitrogens with zero attached hydrogens (tertiary/aromatic N) is 3. The molecule has 7 nitrogen and oxygen atoms in total. The van der Waals surface area contributed by atoms with Crippen molar-refractivity contribution in [1.29, 1.82) is 0 Å². The summed E-state index contributed by atoms with van der Waals surface area (Å²) in [5.41, 5.74) is 5.44. The Morgan fingerprint density at radius 1 is 0.848 bits per heavy atom. The predicted molar refractivity (Wildman–Crippen MR) is 124 cm³/mol. The summed E-state index contributed by atoms with van der Waals surface area (Å²) >= 11 is 0. The van der Waals surface area contributed by atoms with E-state index in [1.54, 1.807) is 24.3 Å². The molecule has 5 rings (SSSR count). The zero-order valence-electron chi connectivity index (χ0n) is 17.9. The van der Waals surface area contributed by atoms with Crippen LogP contribution in [0.4, 0.5) is 6.01 Å². The summed E-state index contributed by atoms with van der Waals surface area (Å²) in [5, 5.41) is 10.3. The van der Waals surface area contributed by atoms with Gasteiger partial charge in [-0.1, -0.05) is 66.6 Å². The summed E-state index contributed by atoms with van der Waals surface area (Å²) in [6.45, 7) is 2.14. The zero-order valence-corrected chi connectivity index (χ0v) is 17.9. The van der Waals surface area contributed by atoms with Crippen molar-refractivity contribution in [3.05, 3.63) is 96.4 Å². The Morgan fingerprint density at radius 3 is 2.27 bits per heavy atom. The molecule has 2 aromatic carbocycles. The number of amides is 1. The standard InChI is InChI=1S/C26H20N4O3/c1-2-17-8-10-18(11-9-17)19-12-14-20(15-13-19)21-5-3-6-22(27-21)24(31)28-26-30-29-25(33-26)23-7-4-16-32-23/h3-16H,2H2,1H3,(H,28,30,31). The first-order chi connectivity index (χ1) is 16.2. The number of carbonyl (C=O) groups excluding carboxylic acids is 1. The number of aromatic nitrogens is 3. The van der Waals surface area contributed by atoms with Gasteiger partial charge in [-0.3, -0.25) is 10.1 Å². The van der Waals surface area contributed by atoms with E-state index in [2.05, 4.69) is 63.8 Å². The van der Waals surface area contributed by atoms with Crippen molar-refractivity contribution < 1.29 is 13.6 Å². The zero-order chi connectivity index (χ0) is 22.6. The lowest BCUT2D eigenvalue weighted by Crippen LogP contribution is -2.14. The lowest BCUT2D eigenvalue weighted by atomic mass is 10.0. The molecule has 0 saturated heterocycles. The number of benzene rings is 2. The molecule has 1 N–H and O–H groups in total. The van der Waals surface area contributed by atoms with Crippen LogP contribution in [0.2, 0.25) is 0 Å². The van der Waals surface area contributed by atoms with Gasteiger partial charge >= 0.3 is 6.01 Å². The highest BCUT2D eigenvalue weighted by atomic mass is 16.4. The van der Waals surface area contributed by atoms with Crippen LogP contribution < -0.4 is 5.32 Å². The number of aryl methyl sites for hydroxylation is 1. The van der Waals surface area contributed by atoms with Gasteiger partial charge in [-0.2, -0.15) is 0 Å². The first kappa shape index (κ1) is 20.4. The molecular weight excluding hydrogens is 416 g/mol. The van der Waals surface area contributed by atoms with Crippen LogP contribution in [-0.2, 0) is 6.42 Å². The summed E-state index contributed by atoms with van der Waals surface area (Å²) in [6.07, 6.45) is 2.52. The molecule has 0 fully saturated rings. The fraction of sp³-hybridized carbons (Fsp3) is 0.0769. The summed E-state index contributed by atoms with van der Waals surface area (Å²) < 4.78 is 10.6. The number of pyridine rings is 1. The maximum Gasteiger partial charge on any atom is 0.322 e. The van der Waals surface area contributed by atoms with Gasteiger partial charge in [-0.25, -0.2) is 4.98 Å². The second kappa shape index (κ2) is 8.92. The molecule has 0 aliphatic rings. The highest BCUT2D eigenvalue weighted by Crippen LogP contribution is 2.25. The molecule has 3 heterocycles. The number of nitrogens with one attached hydrogen (secondary N) is 1. The normalized spacial score (nSPS) is 10.8. The smallest absolute Gasteiger partial charge is 0.322 e. The van der Waals surface area contributed by atoms with Gasteiger partial charge in [0.25, 0.3) is 11.8 Å². The molecule has 7 heteroatoms. The molecule has 0 saturated carbocycles. The molecule has 0 bridgehead atoms. The lowest BCUT2D eigenvalue weighted by Gasteiger charge is -2.07. The molecule has 0 aliphatic heterocycles. The van der Waals surface area contributed by atoms with Gasteiger partial charge in [0.15, 0.2) is 5.76 Å². The summed E-state index contributed by atoms with van der Waals surface area (Å²) in [6, 6.07) is 25.3. The Balaban J connectivity index is 1.31. The third-order valence-electron chi connectivity index (χ3n) is 5.24. The molecule has 5 aromatic rings. The molecule has 0 radical (unpaired) electrons. The number of rotatable bonds is 6. The van der Waals surface area contributed by atoms with Crippen molar-refractivity contribution >= 4 is 11.9 Å². The van der Waals surface area contributed by atoms with Gasteiger partial charge in [-0.15, -0.1) is 5.10 Å². The lowest BCUT2D eigenvalue weighted by molar-refractivity contribution is 0.101. The fourth-order valence-electron chi connectivity index (χ4n) is 3.42. The molecule has 0 unspecified atom stereocenters. The van der Waals surface area contributed by atoms with Crippen LogP contribution in [0.3, 0.4) is 0 Å². The second-order valence-electron chi connectivity index (χ2n) is 7.38. The molecule has 0 atom stereocenters.